The smallest absolute Gasteiger partial charge is 0.257 e. The van der Waals surface area contributed by atoms with Crippen molar-refractivity contribution in [1.82, 2.24) is 4.57 Å². The molecule has 0 fully saturated rings. The molecule has 0 saturated carbocycles. The molecule has 94 valence electrons. The summed E-state index contributed by atoms with van der Waals surface area (Å²) in [7, 11) is 0. The largest absolute Gasteiger partial charge is 0.474 e. The lowest BCUT2D eigenvalue weighted by Crippen LogP contribution is -2.19. The Balaban J connectivity index is 2.35. The Morgan fingerprint density at radius 1 is 1.16 bits per heavy atom. The molecular formula is C15H12N2O2. The van der Waals surface area contributed by atoms with Crippen molar-refractivity contribution in [3.05, 3.63) is 71.0 Å². The van der Waals surface area contributed by atoms with Crippen LogP contribution in [0.25, 0.3) is 5.69 Å². The minimum atomic E-state index is -0.159. The molecule has 0 bridgehead atoms. The summed E-state index contributed by atoms with van der Waals surface area (Å²) in [6.07, 6.45) is 2.93. The summed E-state index contributed by atoms with van der Waals surface area (Å²) in [4.78, 5) is 11.9. The number of benzene rings is 1. The number of rotatable bonds is 4. The molecular weight excluding hydrogens is 240 g/mol. The van der Waals surface area contributed by atoms with Gasteiger partial charge in [0.25, 0.3) is 5.56 Å². The van der Waals surface area contributed by atoms with Gasteiger partial charge in [-0.1, -0.05) is 24.3 Å². The number of allylic oxidation sites excluding steroid dienone is 1. The minimum Gasteiger partial charge on any atom is -0.474 e. The zero-order valence-corrected chi connectivity index (χ0v) is 10.2. The zero-order valence-electron chi connectivity index (χ0n) is 10.2. The standard InChI is InChI=1S/C15H12N2O2/c16-11-4-5-12-19-15-10-6-9-14(18)17(15)13-7-2-1-3-8-13/h1-10H,12H2. The van der Waals surface area contributed by atoms with Gasteiger partial charge >= 0.3 is 0 Å². The lowest BCUT2D eigenvalue weighted by Gasteiger charge is -2.12. The maximum absolute atomic E-state index is 11.9. The summed E-state index contributed by atoms with van der Waals surface area (Å²) >= 11 is 0. The molecule has 2 rings (SSSR count). The Morgan fingerprint density at radius 3 is 2.68 bits per heavy atom. The van der Waals surface area contributed by atoms with Gasteiger partial charge < -0.3 is 4.74 Å². The molecule has 0 radical (unpaired) electrons. The second-order valence-electron chi connectivity index (χ2n) is 3.72. The average Bonchev–Trinajstić information content (AvgIpc) is 2.45. The van der Waals surface area contributed by atoms with E-state index in [1.165, 1.54) is 16.7 Å². The average molecular weight is 252 g/mol. The highest BCUT2D eigenvalue weighted by atomic mass is 16.5. The summed E-state index contributed by atoms with van der Waals surface area (Å²) in [5.41, 5.74) is 0.584. The van der Waals surface area contributed by atoms with Gasteiger partial charge in [-0.25, -0.2) is 4.57 Å². The highest BCUT2D eigenvalue weighted by molar-refractivity contribution is 5.36. The first kappa shape index (κ1) is 12.7. The van der Waals surface area contributed by atoms with Crippen molar-refractivity contribution in [3.8, 4) is 17.6 Å². The van der Waals surface area contributed by atoms with Crippen LogP contribution in [0.2, 0.25) is 0 Å². The molecule has 0 atom stereocenters. The maximum Gasteiger partial charge on any atom is 0.257 e. The number of nitriles is 1. The summed E-state index contributed by atoms with van der Waals surface area (Å²) < 4.78 is 6.99. The Labute approximate surface area is 110 Å². The van der Waals surface area contributed by atoms with E-state index in [9.17, 15) is 4.79 Å². The number of hydrogen-bond donors (Lipinski definition) is 0. The first-order valence-corrected chi connectivity index (χ1v) is 5.78. The lowest BCUT2D eigenvalue weighted by molar-refractivity contribution is 0.337. The van der Waals surface area contributed by atoms with Crippen LogP contribution in [0.15, 0.2) is 65.5 Å². The van der Waals surface area contributed by atoms with Crippen LogP contribution in [0.5, 0.6) is 5.88 Å². The molecule has 4 nitrogen and oxygen atoms in total. The topological polar surface area (TPSA) is 55.0 Å². The highest BCUT2D eigenvalue weighted by Gasteiger charge is 2.05. The van der Waals surface area contributed by atoms with Gasteiger partial charge in [0.15, 0.2) is 0 Å². The molecule has 0 unspecified atom stereocenters. The van der Waals surface area contributed by atoms with Crippen LogP contribution in [0.4, 0.5) is 0 Å². The Hall–Kier alpha value is -2.80. The van der Waals surface area contributed by atoms with Crippen molar-refractivity contribution in [2.24, 2.45) is 0 Å². The van der Waals surface area contributed by atoms with Gasteiger partial charge in [-0.05, 0) is 24.3 Å². The maximum atomic E-state index is 11.9. The third kappa shape index (κ3) is 3.11. The monoisotopic (exact) mass is 252 g/mol. The molecule has 0 aliphatic heterocycles. The van der Waals surface area contributed by atoms with Crippen molar-refractivity contribution in [1.29, 1.82) is 5.26 Å². The van der Waals surface area contributed by atoms with E-state index in [0.29, 0.717) is 5.88 Å². The number of nitrogens with zero attached hydrogens (tertiary/aromatic N) is 2. The Morgan fingerprint density at radius 2 is 1.95 bits per heavy atom. The Bertz CT molecular complexity index is 667. The third-order valence-electron chi connectivity index (χ3n) is 2.45. The fourth-order valence-corrected chi connectivity index (χ4v) is 1.65. The van der Waals surface area contributed by atoms with Crippen molar-refractivity contribution < 1.29 is 4.74 Å². The van der Waals surface area contributed by atoms with Gasteiger partial charge in [-0.3, -0.25) is 4.79 Å². The molecule has 0 N–H and O–H groups in total. The van der Waals surface area contributed by atoms with E-state index in [1.54, 1.807) is 18.2 Å². The fourth-order valence-electron chi connectivity index (χ4n) is 1.65. The molecule has 0 saturated heterocycles. The van der Waals surface area contributed by atoms with Crippen molar-refractivity contribution >= 4 is 0 Å². The molecule has 1 aromatic carbocycles. The first-order chi connectivity index (χ1) is 9.33. The summed E-state index contributed by atoms with van der Waals surface area (Å²) in [5.74, 6) is 0.446. The van der Waals surface area contributed by atoms with Gasteiger partial charge in [0.05, 0.1) is 11.8 Å². The predicted molar refractivity (Wildman–Crippen MR) is 72.3 cm³/mol. The second-order valence-corrected chi connectivity index (χ2v) is 3.72. The van der Waals surface area contributed by atoms with Crippen LogP contribution < -0.4 is 10.3 Å². The van der Waals surface area contributed by atoms with Gasteiger partial charge in [0.2, 0.25) is 5.88 Å². The van der Waals surface area contributed by atoms with Crippen LogP contribution in [-0.2, 0) is 0 Å². The quantitative estimate of drug-likeness (QED) is 0.784. The summed E-state index contributed by atoms with van der Waals surface area (Å²) in [6.45, 7) is 0.240. The Kier molecular flexibility index (Phi) is 4.14. The molecule has 1 aromatic heterocycles. The molecule has 19 heavy (non-hydrogen) atoms. The van der Waals surface area contributed by atoms with Crippen LogP contribution in [0.3, 0.4) is 0 Å². The van der Waals surface area contributed by atoms with Crippen molar-refractivity contribution in [2.45, 2.75) is 0 Å². The molecule has 0 amide bonds. The van der Waals surface area contributed by atoms with E-state index in [-0.39, 0.29) is 12.2 Å². The number of para-hydroxylation sites is 1. The zero-order chi connectivity index (χ0) is 13.5. The van der Waals surface area contributed by atoms with Gasteiger partial charge in [-0.2, -0.15) is 5.26 Å². The number of hydrogen-bond acceptors (Lipinski definition) is 3. The van der Waals surface area contributed by atoms with E-state index < -0.39 is 0 Å². The SMILES string of the molecule is N#CC=CCOc1cccc(=O)n1-c1ccccc1. The number of aromatic nitrogens is 1. The number of ether oxygens (including phenoxy) is 1. The highest BCUT2D eigenvalue weighted by Crippen LogP contribution is 2.14. The second kappa shape index (κ2) is 6.22. The number of pyridine rings is 1. The van der Waals surface area contributed by atoms with Crippen LogP contribution >= 0.6 is 0 Å². The van der Waals surface area contributed by atoms with E-state index in [1.807, 2.05) is 36.4 Å². The van der Waals surface area contributed by atoms with Gasteiger partial charge in [0.1, 0.15) is 6.61 Å². The van der Waals surface area contributed by atoms with Crippen LogP contribution in [-0.4, -0.2) is 11.2 Å². The molecule has 2 aromatic rings. The molecule has 1 heterocycles. The lowest BCUT2D eigenvalue weighted by atomic mass is 10.3. The van der Waals surface area contributed by atoms with Gasteiger partial charge in [-0.15, -0.1) is 0 Å². The van der Waals surface area contributed by atoms with Crippen LogP contribution in [0.1, 0.15) is 0 Å². The third-order valence-corrected chi connectivity index (χ3v) is 2.45. The predicted octanol–water partition coefficient (Wildman–Crippen LogP) is 2.30. The van der Waals surface area contributed by atoms with Gasteiger partial charge in [0, 0.05) is 12.1 Å². The van der Waals surface area contributed by atoms with Crippen LogP contribution in [0, 0.1) is 11.3 Å². The minimum absolute atomic E-state index is 0.159. The fraction of sp³-hybridized carbons (Fsp3) is 0.0667. The van der Waals surface area contributed by atoms with E-state index in [0.717, 1.165) is 5.69 Å². The molecule has 0 spiro atoms. The normalized spacial score (nSPS) is 10.3. The summed E-state index contributed by atoms with van der Waals surface area (Å²) in [6, 6.07) is 16.0. The first-order valence-electron chi connectivity index (χ1n) is 5.78. The van der Waals surface area contributed by atoms with E-state index in [2.05, 4.69) is 0 Å². The molecule has 4 heteroatoms. The summed E-state index contributed by atoms with van der Waals surface area (Å²) in [5, 5.41) is 8.39. The van der Waals surface area contributed by atoms with Crippen molar-refractivity contribution in [2.75, 3.05) is 6.61 Å². The van der Waals surface area contributed by atoms with E-state index in [4.69, 9.17) is 10.00 Å². The van der Waals surface area contributed by atoms with E-state index >= 15 is 0 Å². The van der Waals surface area contributed by atoms with Crippen molar-refractivity contribution in [3.63, 3.8) is 0 Å². The molecule has 0 aliphatic rings. The molecule has 0 aliphatic carbocycles.